The van der Waals surface area contributed by atoms with Gasteiger partial charge in [0.05, 0.1) is 7.11 Å². The van der Waals surface area contributed by atoms with Gasteiger partial charge in [-0.25, -0.2) is 0 Å². The minimum Gasteiger partial charge on any atom is -0.497 e. The average Bonchev–Trinajstić information content (AvgIpc) is 3.07. The van der Waals surface area contributed by atoms with Crippen LogP contribution in [0, 0.1) is 0 Å². The molecule has 0 unspecified atom stereocenters. The summed E-state index contributed by atoms with van der Waals surface area (Å²) in [6.45, 7) is 0. The second-order valence-electron chi connectivity index (χ2n) is 6.18. The zero-order chi connectivity index (χ0) is 16.8. The third kappa shape index (κ3) is 2.22. The lowest BCUT2D eigenvalue weighted by Gasteiger charge is -2.09. The molecule has 0 fully saturated rings. The van der Waals surface area contributed by atoms with Crippen molar-refractivity contribution in [3.8, 4) is 16.9 Å². The smallest absolute Gasteiger partial charge is 0.118 e. The molecule has 0 aliphatic rings. The molecule has 0 saturated heterocycles. The topological polar surface area (TPSA) is 9.23 Å². The normalized spacial score (nSPS) is 11.4. The molecule has 2 heteroatoms. The fourth-order valence-corrected chi connectivity index (χ4v) is 4.81. The van der Waals surface area contributed by atoms with Gasteiger partial charge in [-0.05, 0) is 40.6 Å². The summed E-state index contributed by atoms with van der Waals surface area (Å²) in [5, 5.41) is 5.31. The first-order valence-electron chi connectivity index (χ1n) is 8.32. The number of thiophene rings is 1. The summed E-state index contributed by atoms with van der Waals surface area (Å²) in [7, 11) is 1.70. The van der Waals surface area contributed by atoms with Crippen molar-refractivity contribution in [1.29, 1.82) is 0 Å². The van der Waals surface area contributed by atoms with Crippen LogP contribution >= 0.6 is 11.3 Å². The largest absolute Gasteiger partial charge is 0.497 e. The number of fused-ring (bicyclic) bond motifs is 5. The van der Waals surface area contributed by atoms with Crippen molar-refractivity contribution in [1.82, 2.24) is 0 Å². The molecular weight excluding hydrogens is 324 g/mol. The van der Waals surface area contributed by atoms with Gasteiger partial charge in [-0.1, -0.05) is 54.6 Å². The molecule has 0 N–H and O–H groups in total. The summed E-state index contributed by atoms with van der Waals surface area (Å²) in [6.07, 6.45) is 0. The minimum atomic E-state index is 0.886. The lowest BCUT2D eigenvalue weighted by Crippen LogP contribution is -1.84. The first kappa shape index (κ1) is 14.5. The van der Waals surface area contributed by atoms with Crippen molar-refractivity contribution in [3.63, 3.8) is 0 Å². The first-order chi connectivity index (χ1) is 12.3. The van der Waals surface area contributed by atoms with E-state index in [0.717, 1.165) is 5.75 Å². The number of hydrogen-bond donors (Lipinski definition) is 0. The number of ether oxygens (including phenoxy) is 1. The van der Waals surface area contributed by atoms with E-state index in [1.807, 2.05) is 23.5 Å². The van der Waals surface area contributed by atoms with Crippen molar-refractivity contribution < 1.29 is 4.74 Å². The molecule has 0 amide bonds. The van der Waals surface area contributed by atoms with Crippen LogP contribution in [0.4, 0.5) is 0 Å². The van der Waals surface area contributed by atoms with Crippen LogP contribution in [0.25, 0.3) is 42.1 Å². The Bertz CT molecular complexity index is 1220. The van der Waals surface area contributed by atoms with Gasteiger partial charge in [-0.2, -0.15) is 0 Å². The zero-order valence-corrected chi connectivity index (χ0v) is 14.6. The summed E-state index contributed by atoms with van der Waals surface area (Å²) in [5.41, 5.74) is 2.51. The van der Waals surface area contributed by atoms with E-state index in [1.54, 1.807) is 7.11 Å². The molecule has 0 spiro atoms. The Labute approximate surface area is 150 Å². The summed E-state index contributed by atoms with van der Waals surface area (Å²) >= 11 is 1.88. The Kier molecular flexibility index (Phi) is 3.25. The standard InChI is InChI=1S/C23H16OS/c1-24-17-12-10-15(11-13-17)20-14-16-6-2-3-7-18(16)22-19-8-4-5-9-21(19)25-23(20)22/h2-14H,1H3. The number of methoxy groups -OCH3 is 1. The van der Waals surface area contributed by atoms with Crippen LogP contribution in [-0.4, -0.2) is 7.11 Å². The summed E-state index contributed by atoms with van der Waals surface area (Å²) < 4.78 is 8.00. The SMILES string of the molecule is COc1ccc(-c2cc3ccccc3c3c2sc2ccccc23)cc1. The van der Waals surface area contributed by atoms with Crippen molar-refractivity contribution in [2.45, 2.75) is 0 Å². The van der Waals surface area contributed by atoms with Crippen LogP contribution in [0.2, 0.25) is 0 Å². The molecule has 4 aromatic carbocycles. The summed E-state index contributed by atoms with van der Waals surface area (Å²) in [4.78, 5) is 0. The highest BCUT2D eigenvalue weighted by Gasteiger charge is 2.14. The van der Waals surface area contributed by atoms with E-state index in [0.29, 0.717) is 0 Å². The molecule has 5 aromatic rings. The maximum absolute atomic E-state index is 5.31. The van der Waals surface area contributed by atoms with E-state index in [9.17, 15) is 0 Å². The predicted molar refractivity (Wildman–Crippen MR) is 109 cm³/mol. The van der Waals surface area contributed by atoms with Crippen LogP contribution in [0.3, 0.4) is 0 Å². The maximum atomic E-state index is 5.31. The summed E-state index contributed by atoms with van der Waals surface area (Å²) in [6, 6.07) is 28.0. The third-order valence-corrected chi connectivity index (χ3v) is 5.98. The van der Waals surface area contributed by atoms with E-state index in [1.165, 1.54) is 42.1 Å². The number of benzene rings is 4. The lowest BCUT2D eigenvalue weighted by atomic mass is 9.97. The van der Waals surface area contributed by atoms with Gasteiger partial charge in [0.1, 0.15) is 5.75 Å². The van der Waals surface area contributed by atoms with Gasteiger partial charge >= 0.3 is 0 Å². The molecule has 0 bridgehead atoms. The molecule has 0 aliphatic heterocycles. The molecule has 0 aliphatic carbocycles. The highest BCUT2D eigenvalue weighted by atomic mass is 32.1. The lowest BCUT2D eigenvalue weighted by molar-refractivity contribution is 0.415. The molecular formula is C23H16OS. The van der Waals surface area contributed by atoms with Crippen molar-refractivity contribution in [2.75, 3.05) is 7.11 Å². The van der Waals surface area contributed by atoms with Crippen LogP contribution in [-0.2, 0) is 0 Å². The molecule has 1 aromatic heterocycles. The number of hydrogen-bond acceptors (Lipinski definition) is 2. The van der Waals surface area contributed by atoms with Gasteiger partial charge in [0.2, 0.25) is 0 Å². The van der Waals surface area contributed by atoms with Crippen LogP contribution in [0.15, 0.2) is 78.9 Å². The van der Waals surface area contributed by atoms with Crippen molar-refractivity contribution in [2.24, 2.45) is 0 Å². The maximum Gasteiger partial charge on any atom is 0.118 e. The Morgan fingerprint density at radius 1 is 0.760 bits per heavy atom. The van der Waals surface area contributed by atoms with Crippen LogP contribution in [0.5, 0.6) is 5.75 Å². The van der Waals surface area contributed by atoms with E-state index >= 15 is 0 Å². The second-order valence-corrected chi connectivity index (χ2v) is 7.23. The molecule has 0 saturated carbocycles. The van der Waals surface area contributed by atoms with Gasteiger partial charge < -0.3 is 4.74 Å². The van der Waals surface area contributed by atoms with Gasteiger partial charge in [-0.3, -0.25) is 0 Å². The Balaban J connectivity index is 1.94. The Hall–Kier alpha value is -2.84. The van der Waals surface area contributed by atoms with Gasteiger partial charge in [0, 0.05) is 25.7 Å². The molecule has 120 valence electrons. The van der Waals surface area contributed by atoms with Gasteiger partial charge in [0.15, 0.2) is 0 Å². The summed E-state index contributed by atoms with van der Waals surface area (Å²) in [5.74, 6) is 0.886. The molecule has 0 radical (unpaired) electrons. The predicted octanol–water partition coefficient (Wildman–Crippen LogP) is 6.88. The van der Waals surface area contributed by atoms with Crippen molar-refractivity contribution in [3.05, 3.63) is 78.9 Å². The van der Waals surface area contributed by atoms with E-state index in [4.69, 9.17) is 4.74 Å². The molecule has 5 rings (SSSR count). The molecule has 1 heterocycles. The highest BCUT2D eigenvalue weighted by molar-refractivity contribution is 7.26. The Morgan fingerprint density at radius 2 is 1.48 bits per heavy atom. The molecule has 0 atom stereocenters. The van der Waals surface area contributed by atoms with E-state index in [-0.39, 0.29) is 0 Å². The van der Waals surface area contributed by atoms with E-state index < -0.39 is 0 Å². The minimum absolute atomic E-state index is 0.886. The highest BCUT2D eigenvalue weighted by Crippen LogP contribution is 2.44. The molecule has 25 heavy (non-hydrogen) atoms. The molecule has 1 nitrogen and oxygen atoms in total. The fraction of sp³-hybridized carbons (Fsp3) is 0.0435. The van der Waals surface area contributed by atoms with Crippen LogP contribution in [0.1, 0.15) is 0 Å². The fourth-order valence-electron chi connectivity index (χ4n) is 3.56. The monoisotopic (exact) mass is 340 g/mol. The van der Waals surface area contributed by atoms with Crippen molar-refractivity contribution >= 4 is 42.3 Å². The van der Waals surface area contributed by atoms with Gasteiger partial charge in [0.25, 0.3) is 0 Å². The zero-order valence-electron chi connectivity index (χ0n) is 13.8. The number of rotatable bonds is 2. The quantitative estimate of drug-likeness (QED) is 0.340. The third-order valence-electron chi connectivity index (χ3n) is 4.77. The Morgan fingerprint density at radius 3 is 2.28 bits per heavy atom. The second kappa shape index (κ2) is 5.61. The van der Waals surface area contributed by atoms with Gasteiger partial charge in [-0.15, -0.1) is 11.3 Å². The average molecular weight is 340 g/mol. The van der Waals surface area contributed by atoms with Crippen LogP contribution < -0.4 is 4.74 Å². The van der Waals surface area contributed by atoms with E-state index in [2.05, 4.69) is 66.7 Å². The first-order valence-corrected chi connectivity index (χ1v) is 9.14.